The Morgan fingerprint density at radius 3 is 2.77 bits per heavy atom. The first-order valence-corrected chi connectivity index (χ1v) is 10.8. The molecular weight excluding hydrogens is 393 g/mol. The SMILES string of the molecule is CCCC(=O)N1CCCC[C@H]1c1nc(Nc2cccc(F)c2)cc(-c2ccncc2)n1. The van der Waals surface area contributed by atoms with Crippen LogP contribution in [0.4, 0.5) is 15.9 Å². The second-order valence-corrected chi connectivity index (χ2v) is 7.72. The summed E-state index contributed by atoms with van der Waals surface area (Å²) in [5.41, 5.74) is 2.25. The molecule has 1 fully saturated rings. The molecule has 3 heterocycles. The van der Waals surface area contributed by atoms with Crippen LogP contribution in [-0.2, 0) is 4.79 Å². The van der Waals surface area contributed by atoms with Gasteiger partial charge in [-0.2, -0.15) is 0 Å². The Kier molecular flexibility index (Phi) is 6.50. The van der Waals surface area contributed by atoms with Gasteiger partial charge >= 0.3 is 0 Å². The largest absolute Gasteiger partial charge is 0.340 e. The number of hydrogen-bond donors (Lipinski definition) is 1. The highest BCUT2D eigenvalue weighted by atomic mass is 19.1. The Morgan fingerprint density at radius 1 is 1.16 bits per heavy atom. The molecule has 0 saturated carbocycles. The van der Waals surface area contributed by atoms with E-state index in [4.69, 9.17) is 9.97 Å². The molecule has 3 aromatic rings. The van der Waals surface area contributed by atoms with E-state index in [1.165, 1.54) is 12.1 Å². The minimum atomic E-state index is -0.322. The number of hydrogen-bond acceptors (Lipinski definition) is 5. The lowest BCUT2D eigenvalue weighted by Gasteiger charge is -2.35. The van der Waals surface area contributed by atoms with Crippen molar-refractivity contribution in [1.82, 2.24) is 19.9 Å². The first-order valence-electron chi connectivity index (χ1n) is 10.8. The van der Waals surface area contributed by atoms with E-state index in [0.717, 1.165) is 43.5 Å². The van der Waals surface area contributed by atoms with Crippen molar-refractivity contribution in [1.29, 1.82) is 0 Å². The van der Waals surface area contributed by atoms with Crippen molar-refractivity contribution in [3.63, 3.8) is 0 Å². The summed E-state index contributed by atoms with van der Waals surface area (Å²) in [4.78, 5) is 28.3. The zero-order valence-electron chi connectivity index (χ0n) is 17.6. The minimum absolute atomic E-state index is 0.143. The van der Waals surface area contributed by atoms with Gasteiger partial charge in [0, 0.05) is 42.7 Å². The van der Waals surface area contributed by atoms with Gasteiger partial charge in [0.15, 0.2) is 5.82 Å². The number of nitrogens with one attached hydrogen (secondary N) is 1. The Labute approximate surface area is 181 Å². The van der Waals surface area contributed by atoms with Gasteiger partial charge in [0.05, 0.1) is 11.7 Å². The standard InChI is InChI=1S/C24H26FN5O/c1-2-6-23(31)30-14-4-3-9-21(30)24-28-20(17-10-12-26-13-11-17)16-22(29-24)27-19-8-5-7-18(25)15-19/h5,7-8,10-13,15-16,21H,2-4,6,9,14H2,1H3,(H,27,28,29)/t21-/m0/s1. The number of amides is 1. The van der Waals surface area contributed by atoms with Crippen LogP contribution in [0.3, 0.4) is 0 Å². The lowest BCUT2D eigenvalue weighted by Crippen LogP contribution is -2.39. The normalized spacial score (nSPS) is 16.2. The molecule has 1 amide bonds. The molecule has 31 heavy (non-hydrogen) atoms. The van der Waals surface area contributed by atoms with Gasteiger partial charge in [-0.25, -0.2) is 14.4 Å². The third kappa shape index (κ3) is 5.05. The van der Waals surface area contributed by atoms with Crippen molar-refractivity contribution in [3.8, 4) is 11.3 Å². The summed E-state index contributed by atoms with van der Waals surface area (Å²) >= 11 is 0. The molecule has 0 bridgehead atoms. The molecule has 7 heteroatoms. The Morgan fingerprint density at radius 2 is 2.00 bits per heavy atom. The van der Waals surface area contributed by atoms with Crippen LogP contribution in [0.15, 0.2) is 54.9 Å². The van der Waals surface area contributed by atoms with E-state index in [1.54, 1.807) is 24.5 Å². The highest BCUT2D eigenvalue weighted by Crippen LogP contribution is 2.32. The van der Waals surface area contributed by atoms with Gasteiger partial charge in [0.25, 0.3) is 0 Å². The zero-order valence-corrected chi connectivity index (χ0v) is 17.6. The van der Waals surface area contributed by atoms with Crippen molar-refractivity contribution >= 4 is 17.4 Å². The predicted octanol–water partition coefficient (Wildman–Crippen LogP) is 5.28. The maximum atomic E-state index is 13.7. The molecule has 1 saturated heterocycles. The van der Waals surface area contributed by atoms with Gasteiger partial charge in [-0.3, -0.25) is 9.78 Å². The summed E-state index contributed by atoms with van der Waals surface area (Å²) in [6.07, 6.45) is 7.61. The smallest absolute Gasteiger partial charge is 0.223 e. The van der Waals surface area contributed by atoms with Crippen LogP contribution < -0.4 is 5.32 Å². The second kappa shape index (κ2) is 9.64. The first-order chi connectivity index (χ1) is 15.1. The van der Waals surface area contributed by atoms with E-state index in [9.17, 15) is 9.18 Å². The van der Waals surface area contributed by atoms with Crippen molar-refractivity contribution in [3.05, 3.63) is 66.5 Å². The zero-order chi connectivity index (χ0) is 21.6. The number of likely N-dealkylation sites (tertiary alicyclic amines) is 1. The van der Waals surface area contributed by atoms with E-state index in [0.29, 0.717) is 23.8 Å². The van der Waals surface area contributed by atoms with Gasteiger partial charge in [-0.15, -0.1) is 0 Å². The van der Waals surface area contributed by atoms with Crippen LogP contribution in [0.5, 0.6) is 0 Å². The molecule has 1 N–H and O–H groups in total. The Hall–Kier alpha value is -3.35. The summed E-state index contributed by atoms with van der Waals surface area (Å²) in [5, 5.41) is 3.19. The molecule has 6 nitrogen and oxygen atoms in total. The Balaban J connectivity index is 1.74. The summed E-state index contributed by atoms with van der Waals surface area (Å²) in [6.45, 7) is 2.73. The van der Waals surface area contributed by atoms with Crippen LogP contribution in [0.25, 0.3) is 11.3 Å². The van der Waals surface area contributed by atoms with Gasteiger partial charge in [-0.1, -0.05) is 13.0 Å². The summed E-state index contributed by atoms with van der Waals surface area (Å²) in [5.74, 6) is 0.996. The molecule has 1 aromatic carbocycles. The number of halogens is 1. The predicted molar refractivity (Wildman–Crippen MR) is 118 cm³/mol. The number of benzene rings is 1. The molecule has 0 aliphatic carbocycles. The molecule has 160 valence electrons. The molecule has 0 unspecified atom stereocenters. The minimum Gasteiger partial charge on any atom is -0.340 e. The van der Waals surface area contributed by atoms with E-state index in [-0.39, 0.29) is 17.8 Å². The topological polar surface area (TPSA) is 71.0 Å². The molecule has 1 atom stereocenters. The van der Waals surface area contributed by atoms with Gasteiger partial charge in [0.1, 0.15) is 11.6 Å². The average Bonchev–Trinajstić information content (AvgIpc) is 2.80. The molecule has 1 aliphatic heterocycles. The average molecular weight is 420 g/mol. The highest BCUT2D eigenvalue weighted by Gasteiger charge is 2.30. The van der Waals surface area contributed by atoms with E-state index in [1.807, 2.05) is 30.0 Å². The molecule has 0 spiro atoms. The van der Waals surface area contributed by atoms with Crippen molar-refractivity contribution in [2.75, 3.05) is 11.9 Å². The number of pyridine rings is 1. The maximum absolute atomic E-state index is 13.7. The monoisotopic (exact) mass is 419 g/mol. The number of anilines is 2. The summed E-state index contributed by atoms with van der Waals surface area (Å²) in [6, 6.07) is 11.7. The maximum Gasteiger partial charge on any atom is 0.223 e. The van der Waals surface area contributed by atoms with Gasteiger partial charge in [0.2, 0.25) is 5.91 Å². The number of carbonyl (C=O) groups excluding carboxylic acids is 1. The van der Waals surface area contributed by atoms with E-state index < -0.39 is 0 Å². The van der Waals surface area contributed by atoms with Crippen LogP contribution >= 0.6 is 0 Å². The molecular formula is C24H26FN5O. The second-order valence-electron chi connectivity index (χ2n) is 7.72. The quantitative estimate of drug-likeness (QED) is 0.589. The van der Waals surface area contributed by atoms with Crippen LogP contribution in [0.2, 0.25) is 0 Å². The highest BCUT2D eigenvalue weighted by molar-refractivity contribution is 5.76. The number of aromatic nitrogens is 3. The molecule has 1 aliphatic rings. The van der Waals surface area contributed by atoms with Crippen LogP contribution in [-0.4, -0.2) is 32.3 Å². The number of carbonyl (C=O) groups is 1. The molecule has 4 rings (SSSR count). The van der Waals surface area contributed by atoms with Crippen molar-refractivity contribution < 1.29 is 9.18 Å². The van der Waals surface area contributed by atoms with Crippen LogP contribution in [0, 0.1) is 5.82 Å². The van der Waals surface area contributed by atoms with Gasteiger partial charge in [-0.05, 0) is 56.0 Å². The number of rotatable bonds is 6. The summed E-state index contributed by atoms with van der Waals surface area (Å²) in [7, 11) is 0. The lowest BCUT2D eigenvalue weighted by molar-refractivity contribution is -0.135. The molecule has 0 radical (unpaired) electrons. The third-order valence-electron chi connectivity index (χ3n) is 5.40. The fraction of sp³-hybridized carbons (Fsp3) is 0.333. The van der Waals surface area contributed by atoms with Crippen LogP contribution in [0.1, 0.15) is 50.9 Å². The fourth-order valence-electron chi connectivity index (χ4n) is 3.92. The first kappa shape index (κ1) is 20.9. The van der Waals surface area contributed by atoms with E-state index in [2.05, 4.69) is 10.3 Å². The number of piperidine rings is 1. The summed E-state index contributed by atoms with van der Waals surface area (Å²) < 4.78 is 13.7. The number of nitrogens with zero attached hydrogens (tertiary/aromatic N) is 4. The Bertz CT molecular complexity index is 1040. The van der Waals surface area contributed by atoms with E-state index >= 15 is 0 Å². The van der Waals surface area contributed by atoms with Crippen molar-refractivity contribution in [2.24, 2.45) is 0 Å². The third-order valence-corrected chi connectivity index (χ3v) is 5.40. The fourth-order valence-corrected chi connectivity index (χ4v) is 3.92. The lowest BCUT2D eigenvalue weighted by atomic mass is 10.00. The van der Waals surface area contributed by atoms with Crippen molar-refractivity contribution in [2.45, 2.75) is 45.1 Å². The molecule has 2 aromatic heterocycles. The van der Waals surface area contributed by atoms with Gasteiger partial charge < -0.3 is 10.2 Å².